The topological polar surface area (TPSA) is 29.5 Å². The van der Waals surface area contributed by atoms with Gasteiger partial charge in [0.2, 0.25) is 0 Å². The minimum Gasteiger partial charge on any atom is -0.463 e. The molecule has 0 saturated carbocycles. The number of hydrogen-bond acceptors (Lipinski definition) is 3. The summed E-state index contributed by atoms with van der Waals surface area (Å²) in [5, 5.41) is 0. The van der Waals surface area contributed by atoms with Crippen LogP contribution in [0.4, 0.5) is 0 Å². The molecule has 3 heteroatoms. The molecule has 64 valence electrons. The summed E-state index contributed by atoms with van der Waals surface area (Å²) in [6.07, 6.45) is 0.0217. The normalized spacial score (nSPS) is 20.0. The van der Waals surface area contributed by atoms with Crippen LogP contribution in [0.25, 0.3) is 0 Å². The van der Waals surface area contributed by atoms with Crippen molar-refractivity contribution in [3.05, 3.63) is 0 Å². The first-order valence-corrected chi connectivity index (χ1v) is 3.98. The first-order chi connectivity index (χ1) is 5.09. The predicted octanol–water partition coefficient (Wildman–Crippen LogP) is 0.500. The smallest absolute Gasteiger partial charge is 0.311 e. The Morgan fingerprint density at radius 3 is 2.45 bits per heavy atom. The molecule has 0 radical (unpaired) electrons. The van der Waals surface area contributed by atoms with Crippen LogP contribution < -0.4 is 0 Å². The second-order valence-electron chi connectivity index (χ2n) is 3.40. The molecule has 0 aromatic rings. The van der Waals surface area contributed by atoms with Gasteiger partial charge in [-0.2, -0.15) is 0 Å². The average molecular weight is 157 g/mol. The fourth-order valence-corrected chi connectivity index (χ4v) is 1.18. The summed E-state index contributed by atoms with van der Waals surface area (Å²) in [5.41, 5.74) is 0. The molecule has 1 saturated heterocycles. The van der Waals surface area contributed by atoms with E-state index in [9.17, 15) is 4.79 Å². The van der Waals surface area contributed by atoms with Crippen LogP contribution >= 0.6 is 0 Å². The number of hydrogen-bond donors (Lipinski definition) is 0. The quantitative estimate of drug-likeness (QED) is 0.547. The van der Waals surface area contributed by atoms with Gasteiger partial charge in [0, 0.05) is 13.1 Å². The standard InChI is InChI=1S/C8H15NO2/c1-6(2)11-8(10)7-4-9(3)5-7/h6-7H,4-5H2,1-3H3. The molecule has 1 aliphatic rings. The third-order valence-electron chi connectivity index (χ3n) is 1.75. The van der Waals surface area contributed by atoms with Crippen LogP contribution in [0.1, 0.15) is 13.8 Å². The number of nitrogens with zero attached hydrogens (tertiary/aromatic N) is 1. The van der Waals surface area contributed by atoms with Crippen molar-refractivity contribution in [3.63, 3.8) is 0 Å². The highest BCUT2D eigenvalue weighted by atomic mass is 16.5. The van der Waals surface area contributed by atoms with E-state index < -0.39 is 0 Å². The van der Waals surface area contributed by atoms with Gasteiger partial charge in [-0.15, -0.1) is 0 Å². The molecule has 0 atom stereocenters. The van der Waals surface area contributed by atoms with Gasteiger partial charge in [0.1, 0.15) is 0 Å². The molecular weight excluding hydrogens is 142 g/mol. The molecule has 0 unspecified atom stereocenters. The zero-order chi connectivity index (χ0) is 8.43. The Bertz CT molecular complexity index is 150. The molecule has 0 aromatic carbocycles. The number of esters is 1. The minimum atomic E-state index is -0.0434. The van der Waals surface area contributed by atoms with Crippen LogP contribution in [0.15, 0.2) is 0 Å². The van der Waals surface area contributed by atoms with E-state index in [4.69, 9.17) is 4.74 Å². The molecule has 3 nitrogen and oxygen atoms in total. The maximum Gasteiger partial charge on any atom is 0.311 e. The Kier molecular flexibility index (Phi) is 2.49. The first kappa shape index (κ1) is 8.53. The van der Waals surface area contributed by atoms with E-state index in [1.165, 1.54) is 0 Å². The van der Waals surface area contributed by atoms with Crippen LogP contribution in [-0.2, 0) is 9.53 Å². The second kappa shape index (κ2) is 3.22. The average Bonchev–Trinajstić information content (AvgIpc) is 1.79. The third kappa shape index (κ3) is 2.19. The number of carbonyl (C=O) groups excluding carboxylic acids is 1. The van der Waals surface area contributed by atoms with Crippen LogP contribution in [0, 0.1) is 5.92 Å². The van der Waals surface area contributed by atoms with Crippen molar-refractivity contribution < 1.29 is 9.53 Å². The van der Waals surface area contributed by atoms with Gasteiger partial charge in [-0.25, -0.2) is 0 Å². The number of carbonyl (C=O) groups is 1. The van der Waals surface area contributed by atoms with Crippen molar-refractivity contribution in [3.8, 4) is 0 Å². The van der Waals surface area contributed by atoms with E-state index >= 15 is 0 Å². The highest BCUT2D eigenvalue weighted by Crippen LogP contribution is 2.14. The highest BCUT2D eigenvalue weighted by Gasteiger charge is 2.31. The second-order valence-corrected chi connectivity index (χ2v) is 3.40. The summed E-state index contributed by atoms with van der Waals surface area (Å²) in [6.45, 7) is 5.46. The molecule has 0 aliphatic carbocycles. The largest absolute Gasteiger partial charge is 0.463 e. The van der Waals surface area contributed by atoms with E-state index in [-0.39, 0.29) is 18.0 Å². The zero-order valence-corrected chi connectivity index (χ0v) is 7.33. The van der Waals surface area contributed by atoms with E-state index in [1.54, 1.807) is 0 Å². The van der Waals surface area contributed by atoms with Crippen molar-refractivity contribution in [1.82, 2.24) is 4.90 Å². The molecule has 0 bridgehead atoms. The Morgan fingerprint density at radius 2 is 2.09 bits per heavy atom. The van der Waals surface area contributed by atoms with Crippen molar-refractivity contribution in [2.75, 3.05) is 20.1 Å². The number of ether oxygens (including phenoxy) is 1. The van der Waals surface area contributed by atoms with Crippen molar-refractivity contribution in [1.29, 1.82) is 0 Å². The van der Waals surface area contributed by atoms with Crippen molar-refractivity contribution in [2.24, 2.45) is 5.92 Å². The SMILES string of the molecule is CC(C)OC(=O)C1CN(C)C1. The van der Waals surface area contributed by atoms with Gasteiger partial charge in [0.15, 0.2) is 0 Å². The Morgan fingerprint density at radius 1 is 1.55 bits per heavy atom. The van der Waals surface area contributed by atoms with E-state index in [2.05, 4.69) is 4.90 Å². The predicted molar refractivity (Wildman–Crippen MR) is 42.2 cm³/mol. The Hall–Kier alpha value is -0.570. The van der Waals surface area contributed by atoms with Gasteiger partial charge in [-0.1, -0.05) is 0 Å². The molecular formula is C8H15NO2. The maximum atomic E-state index is 11.1. The third-order valence-corrected chi connectivity index (χ3v) is 1.75. The van der Waals surface area contributed by atoms with Crippen LogP contribution in [0.3, 0.4) is 0 Å². The zero-order valence-electron chi connectivity index (χ0n) is 7.33. The highest BCUT2D eigenvalue weighted by molar-refractivity contribution is 5.74. The monoisotopic (exact) mass is 157 g/mol. The molecule has 0 amide bonds. The van der Waals surface area contributed by atoms with Gasteiger partial charge in [0.25, 0.3) is 0 Å². The fraction of sp³-hybridized carbons (Fsp3) is 0.875. The molecule has 0 aromatic heterocycles. The van der Waals surface area contributed by atoms with Gasteiger partial charge >= 0.3 is 5.97 Å². The summed E-state index contributed by atoms with van der Waals surface area (Å²) < 4.78 is 5.04. The lowest BCUT2D eigenvalue weighted by molar-refractivity contribution is -0.157. The fourth-order valence-electron chi connectivity index (χ4n) is 1.18. The Balaban J connectivity index is 2.21. The molecule has 1 fully saturated rings. The number of rotatable bonds is 2. The molecule has 0 spiro atoms. The lowest BCUT2D eigenvalue weighted by atomic mass is 10.0. The van der Waals surface area contributed by atoms with Crippen LogP contribution in [0.2, 0.25) is 0 Å². The summed E-state index contributed by atoms with van der Waals surface area (Å²) in [5.74, 6) is 0.0838. The minimum absolute atomic E-state index is 0.0217. The van der Waals surface area contributed by atoms with Crippen LogP contribution in [-0.4, -0.2) is 37.1 Å². The molecule has 0 N–H and O–H groups in total. The van der Waals surface area contributed by atoms with Crippen LogP contribution in [0.5, 0.6) is 0 Å². The lowest BCUT2D eigenvalue weighted by Gasteiger charge is -2.34. The van der Waals surface area contributed by atoms with Crippen molar-refractivity contribution in [2.45, 2.75) is 20.0 Å². The van der Waals surface area contributed by atoms with Crippen molar-refractivity contribution >= 4 is 5.97 Å². The Labute approximate surface area is 67.3 Å². The van der Waals surface area contributed by atoms with E-state index in [0.29, 0.717) is 0 Å². The lowest BCUT2D eigenvalue weighted by Crippen LogP contribution is -2.48. The van der Waals surface area contributed by atoms with Gasteiger partial charge < -0.3 is 9.64 Å². The van der Waals surface area contributed by atoms with Gasteiger partial charge in [-0.05, 0) is 20.9 Å². The van der Waals surface area contributed by atoms with E-state index in [1.807, 2.05) is 20.9 Å². The number of likely N-dealkylation sites (tertiary alicyclic amines) is 1. The molecule has 1 heterocycles. The summed E-state index contributed by atoms with van der Waals surface area (Å²) in [4.78, 5) is 13.2. The molecule has 1 rings (SSSR count). The van der Waals surface area contributed by atoms with Gasteiger partial charge in [0.05, 0.1) is 12.0 Å². The molecule has 11 heavy (non-hydrogen) atoms. The summed E-state index contributed by atoms with van der Waals surface area (Å²) in [6, 6.07) is 0. The maximum absolute atomic E-state index is 11.1. The summed E-state index contributed by atoms with van der Waals surface area (Å²) in [7, 11) is 2.00. The van der Waals surface area contributed by atoms with E-state index in [0.717, 1.165) is 13.1 Å². The summed E-state index contributed by atoms with van der Waals surface area (Å²) >= 11 is 0. The first-order valence-electron chi connectivity index (χ1n) is 3.98. The molecule has 1 aliphatic heterocycles. The van der Waals surface area contributed by atoms with Gasteiger partial charge in [-0.3, -0.25) is 4.79 Å².